The van der Waals surface area contributed by atoms with Crippen LogP contribution in [-0.4, -0.2) is 71.4 Å². The van der Waals surface area contributed by atoms with Crippen LogP contribution < -0.4 is 14.8 Å². The number of sulfonamides is 1. The normalized spacial score (nSPS) is 14.0. The molecule has 0 aliphatic carbocycles. The Morgan fingerprint density at radius 2 is 1.46 bits per heavy atom. The Morgan fingerprint density at radius 1 is 0.917 bits per heavy atom. The second kappa shape index (κ2) is 15.3. The quantitative estimate of drug-likeness (QED) is 0.220. The van der Waals surface area contributed by atoms with E-state index in [1.54, 1.807) is 69.3 Å². The molecule has 0 unspecified atom stereocenters. The molecule has 3 aromatic rings. The number of ether oxygens (including phenoxy) is 3. The van der Waals surface area contributed by atoms with E-state index >= 15 is 0 Å². The zero-order valence-electron chi connectivity index (χ0n) is 27.4. The maximum Gasteiger partial charge on any atom is 0.407 e. The van der Waals surface area contributed by atoms with Crippen LogP contribution in [0.15, 0.2) is 85.7 Å². The van der Waals surface area contributed by atoms with Crippen molar-refractivity contribution in [3.05, 3.63) is 80.9 Å². The van der Waals surface area contributed by atoms with E-state index in [1.807, 2.05) is 22.6 Å². The topological polar surface area (TPSA) is 165 Å². The highest BCUT2D eigenvalue weighted by Crippen LogP contribution is 2.35. The van der Waals surface area contributed by atoms with Crippen molar-refractivity contribution in [3.8, 4) is 11.5 Å². The second-order valence-corrected chi connectivity index (χ2v) is 17.0. The molecule has 0 spiro atoms. The lowest BCUT2D eigenvalue weighted by molar-refractivity contribution is 0.0513. The number of methoxy groups -OCH3 is 2. The molecule has 0 saturated heterocycles. The van der Waals surface area contributed by atoms with Gasteiger partial charge in [0.25, 0.3) is 0 Å². The molecule has 0 bridgehead atoms. The monoisotopic (exact) mass is 811 g/mol. The van der Waals surface area contributed by atoms with E-state index in [9.17, 15) is 21.6 Å². The third-order valence-corrected chi connectivity index (χ3v) is 11.8. The zero-order chi connectivity index (χ0) is 35.3. The van der Waals surface area contributed by atoms with Crippen molar-refractivity contribution in [2.75, 3.05) is 26.6 Å². The summed E-state index contributed by atoms with van der Waals surface area (Å²) in [6, 6.07) is 15.6. The number of rotatable bonds is 13. The number of amidine groups is 1. The van der Waals surface area contributed by atoms with Crippen LogP contribution in [0.3, 0.4) is 0 Å². The number of benzene rings is 3. The molecule has 0 saturated carbocycles. The van der Waals surface area contributed by atoms with Gasteiger partial charge in [0, 0.05) is 22.7 Å². The van der Waals surface area contributed by atoms with Crippen molar-refractivity contribution in [2.45, 2.75) is 62.2 Å². The van der Waals surface area contributed by atoms with Gasteiger partial charge in [0.1, 0.15) is 22.0 Å². The molecule has 48 heavy (non-hydrogen) atoms. The summed E-state index contributed by atoms with van der Waals surface area (Å²) in [5.41, 5.74) is 0.498. The maximum absolute atomic E-state index is 15.0. The molecular weight excluding hydrogens is 773 g/mol. The molecule has 3 aromatic carbocycles. The van der Waals surface area contributed by atoms with Crippen LogP contribution in [-0.2, 0) is 37.7 Å². The Bertz CT molecular complexity index is 1860. The van der Waals surface area contributed by atoms with Crippen molar-refractivity contribution in [1.82, 2.24) is 9.62 Å². The molecule has 1 aliphatic heterocycles. The third kappa shape index (κ3) is 9.29. The minimum atomic E-state index is -4.62. The van der Waals surface area contributed by atoms with Crippen molar-refractivity contribution in [3.63, 3.8) is 0 Å². The Balaban J connectivity index is 1.86. The summed E-state index contributed by atoms with van der Waals surface area (Å²) in [7, 11) is -5.93. The first-order valence-corrected chi connectivity index (χ1v) is 18.9. The fourth-order valence-electron chi connectivity index (χ4n) is 4.80. The Labute approximate surface area is 294 Å². The van der Waals surface area contributed by atoms with Gasteiger partial charge in [0.2, 0.25) is 10.0 Å². The summed E-state index contributed by atoms with van der Waals surface area (Å²) in [6.07, 6.45) is -0.799. The van der Waals surface area contributed by atoms with E-state index in [4.69, 9.17) is 14.2 Å². The summed E-state index contributed by atoms with van der Waals surface area (Å²) < 4.78 is 75.7. The van der Waals surface area contributed by atoms with Gasteiger partial charge in [-0.05, 0) is 97.8 Å². The first-order chi connectivity index (χ1) is 22.5. The van der Waals surface area contributed by atoms with Gasteiger partial charge in [-0.15, -0.1) is 5.11 Å². The molecule has 16 heteroatoms. The third-order valence-electron chi connectivity index (χ3n) is 6.94. The highest BCUT2D eigenvalue weighted by Gasteiger charge is 2.38. The van der Waals surface area contributed by atoms with Crippen LogP contribution in [0.4, 0.5) is 4.79 Å². The standard InChI is InChI=1S/C32H38IN5O8S2/c1-21(36-31(39)46-32(2,3)4)19-47(40,41)27-16-15-26(33)28(30-34-20-35-37-30)29(27)48(42,43)38(17-22-7-11-24(44-5)12-8-22)18-23-9-13-25(45-6)14-10-23/h7-16,21H,17-20H2,1-6H3,(H,36,39)/t21-/m0/s1. The zero-order valence-corrected chi connectivity index (χ0v) is 31.2. The van der Waals surface area contributed by atoms with Gasteiger partial charge in [-0.25, -0.2) is 26.6 Å². The number of hydrogen-bond acceptors (Lipinski definition) is 11. The number of halogens is 1. The Kier molecular flexibility index (Phi) is 11.9. The van der Waals surface area contributed by atoms with E-state index in [0.29, 0.717) is 26.2 Å². The number of sulfone groups is 1. The SMILES string of the molecule is COc1ccc(CN(Cc2ccc(OC)cc2)S(=O)(=O)c2c(S(=O)(=O)C[C@H](C)NC(=O)OC(C)(C)C)ccc(I)c2C2=NCN=N2)cc1. The van der Waals surface area contributed by atoms with Gasteiger partial charge in [-0.2, -0.15) is 9.42 Å². The number of carbonyl (C=O) groups is 1. The van der Waals surface area contributed by atoms with Crippen molar-refractivity contribution < 1.29 is 35.8 Å². The van der Waals surface area contributed by atoms with Crippen LogP contribution in [0.25, 0.3) is 0 Å². The Morgan fingerprint density at radius 3 is 1.92 bits per heavy atom. The fourth-order valence-corrected chi connectivity index (χ4v) is 9.63. The van der Waals surface area contributed by atoms with Crippen LogP contribution in [0.1, 0.15) is 44.4 Å². The number of aliphatic imine (C=N–C) groups is 1. The number of azo groups is 1. The molecule has 1 aliphatic rings. The summed E-state index contributed by atoms with van der Waals surface area (Å²) in [5, 5.41) is 10.5. The van der Waals surface area contributed by atoms with Crippen LogP contribution in [0.2, 0.25) is 0 Å². The average Bonchev–Trinajstić information content (AvgIpc) is 3.54. The first-order valence-electron chi connectivity index (χ1n) is 14.8. The van der Waals surface area contributed by atoms with E-state index in [1.165, 1.54) is 37.6 Å². The van der Waals surface area contributed by atoms with Gasteiger partial charge in [-0.3, -0.25) is 0 Å². The van der Waals surface area contributed by atoms with E-state index < -0.39 is 53.1 Å². The van der Waals surface area contributed by atoms with Gasteiger partial charge >= 0.3 is 6.09 Å². The number of nitrogens with zero attached hydrogens (tertiary/aromatic N) is 4. The minimum Gasteiger partial charge on any atom is -0.497 e. The number of amides is 1. The largest absolute Gasteiger partial charge is 0.497 e. The molecule has 13 nitrogen and oxygen atoms in total. The smallest absolute Gasteiger partial charge is 0.407 e. The number of nitrogens with one attached hydrogen (secondary N) is 1. The lowest BCUT2D eigenvalue weighted by Crippen LogP contribution is -2.41. The highest BCUT2D eigenvalue weighted by molar-refractivity contribution is 14.1. The summed E-state index contributed by atoms with van der Waals surface area (Å²) >= 11 is 1.94. The molecule has 0 fully saturated rings. The molecule has 1 N–H and O–H groups in total. The van der Waals surface area contributed by atoms with Crippen LogP contribution in [0, 0.1) is 3.57 Å². The summed E-state index contributed by atoms with van der Waals surface area (Å²) in [6.45, 7) is 6.32. The van der Waals surface area contributed by atoms with Crippen LogP contribution >= 0.6 is 22.6 Å². The number of alkyl carbamates (subject to hydrolysis) is 1. The molecule has 1 heterocycles. The Hall–Kier alpha value is -3.61. The number of hydrogen-bond donors (Lipinski definition) is 1. The van der Waals surface area contributed by atoms with Gasteiger partial charge < -0.3 is 19.5 Å². The van der Waals surface area contributed by atoms with E-state index in [-0.39, 0.29) is 31.2 Å². The van der Waals surface area contributed by atoms with Crippen molar-refractivity contribution in [1.29, 1.82) is 0 Å². The molecule has 1 amide bonds. The van der Waals surface area contributed by atoms with Gasteiger partial charge in [0.15, 0.2) is 22.3 Å². The van der Waals surface area contributed by atoms with Crippen molar-refractivity contribution in [2.24, 2.45) is 15.2 Å². The second-order valence-electron chi connectivity index (χ2n) is 11.9. The molecule has 0 radical (unpaired) electrons. The highest BCUT2D eigenvalue weighted by atomic mass is 127. The maximum atomic E-state index is 15.0. The minimum absolute atomic E-state index is 0.00352. The average molecular weight is 812 g/mol. The lowest BCUT2D eigenvalue weighted by atomic mass is 10.2. The van der Waals surface area contributed by atoms with Gasteiger partial charge in [-0.1, -0.05) is 24.3 Å². The van der Waals surface area contributed by atoms with Crippen LogP contribution in [0.5, 0.6) is 11.5 Å². The summed E-state index contributed by atoms with van der Waals surface area (Å²) in [5.74, 6) is 0.578. The van der Waals surface area contributed by atoms with E-state index in [2.05, 4.69) is 20.5 Å². The predicted molar refractivity (Wildman–Crippen MR) is 189 cm³/mol. The fraction of sp³-hybridized carbons (Fsp3) is 0.375. The predicted octanol–water partition coefficient (Wildman–Crippen LogP) is 5.56. The summed E-state index contributed by atoms with van der Waals surface area (Å²) in [4.78, 5) is 15.8. The molecule has 4 rings (SSSR count). The molecule has 1 atom stereocenters. The molecule has 258 valence electrons. The molecule has 0 aromatic heterocycles. The van der Waals surface area contributed by atoms with E-state index in [0.717, 1.165) is 0 Å². The van der Waals surface area contributed by atoms with Gasteiger partial charge in [0.05, 0.1) is 30.4 Å². The lowest BCUT2D eigenvalue weighted by Gasteiger charge is -2.26. The first kappa shape index (κ1) is 37.2. The molecular formula is C32H38IN5O8S2. The van der Waals surface area contributed by atoms with Crippen molar-refractivity contribution >= 4 is 54.4 Å². The number of carbonyl (C=O) groups excluding carboxylic acids is 1.